The Labute approximate surface area is 208 Å². The molecule has 1 aromatic heterocycles. The van der Waals surface area contributed by atoms with Crippen LogP contribution in [0.15, 0.2) is 72.2 Å². The SMILES string of the molecule is O=C(NC1CCN(Cc2ccc3ccccc3c2)CC1)c1cc(Cl)ccc1NCc1nccs1. The highest BCUT2D eigenvalue weighted by molar-refractivity contribution is 7.09. The van der Waals surface area contributed by atoms with Gasteiger partial charge in [-0.25, -0.2) is 4.98 Å². The lowest BCUT2D eigenvalue weighted by Gasteiger charge is -2.32. The van der Waals surface area contributed by atoms with Crippen LogP contribution in [0.2, 0.25) is 5.02 Å². The molecule has 1 fully saturated rings. The minimum absolute atomic E-state index is 0.0860. The lowest BCUT2D eigenvalue weighted by atomic mass is 10.0. The molecule has 0 unspecified atom stereocenters. The van der Waals surface area contributed by atoms with Crippen molar-refractivity contribution in [3.63, 3.8) is 0 Å². The number of nitrogens with one attached hydrogen (secondary N) is 2. The fourth-order valence-corrected chi connectivity index (χ4v) is 5.19. The molecule has 1 aliphatic rings. The van der Waals surface area contributed by atoms with Gasteiger partial charge in [0.15, 0.2) is 0 Å². The quantitative estimate of drug-likeness (QED) is 0.336. The van der Waals surface area contributed by atoms with Gasteiger partial charge in [-0.3, -0.25) is 9.69 Å². The number of thiazole rings is 1. The Morgan fingerprint density at radius 2 is 1.88 bits per heavy atom. The topological polar surface area (TPSA) is 57.3 Å². The zero-order valence-electron chi connectivity index (χ0n) is 18.8. The standard InChI is InChI=1S/C27H27ClN4OS/c28-22-7-8-25(30-17-26-29-11-14-34-26)24(16-22)27(33)31-23-9-12-32(13-10-23)18-19-5-6-20-3-1-2-4-21(20)15-19/h1-8,11,14-16,23,30H,9-10,12-13,17-18H2,(H,31,33). The molecule has 1 saturated heterocycles. The van der Waals surface area contributed by atoms with E-state index in [9.17, 15) is 4.79 Å². The number of rotatable bonds is 7. The smallest absolute Gasteiger partial charge is 0.253 e. The molecular formula is C27H27ClN4OS. The molecule has 0 radical (unpaired) electrons. The van der Waals surface area contributed by atoms with Gasteiger partial charge in [-0.15, -0.1) is 11.3 Å². The number of halogens is 1. The second-order valence-corrected chi connectivity index (χ2v) is 10.1. The molecule has 0 atom stereocenters. The Morgan fingerprint density at radius 1 is 1.06 bits per heavy atom. The number of amides is 1. The van der Waals surface area contributed by atoms with Crippen LogP contribution in [0.3, 0.4) is 0 Å². The zero-order valence-corrected chi connectivity index (χ0v) is 20.4. The van der Waals surface area contributed by atoms with Crippen molar-refractivity contribution in [2.24, 2.45) is 0 Å². The summed E-state index contributed by atoms with van der Waals surface area (Å²) in [5.41, 5.74) is 2.67. The first-order chi connectivity index (χ1) is 16.6. The zero-order chi connectivity index (χ0) is 23.3. The number of fused-ring (bicyclic) bond motifs is 1. The molecule has 1 amide bonds. The summed E-state index contributed by atoms with van der Waals surface area (Å²) in [6.07, 6.45) is 3.65. The van der Waals surface area contributed by atoms with Crippen molar-refractivity contribution >= 4 is 45.3 Å². The van der Waals surface area contributed by atoms with E-state index in [0.717, 1.165) is 43.2 Å². The Hall–Kier alpha value is -2.93. The molecule has 3 aromatic carbocycles. The minimum atomic E-state index is -0.0860. The van der Waals surface area contributed by atoms with Crippen LogP contribution in [0.1, 0.15) is 33.8 Å². The van der Waals surface area contributed by atoms with E-state index < -0.39 is 0 Å². The van der Waals surface area contributed by atoms with E-state index in [4.69, 9.17) is 11.6 Å². The van der Waals surface area contributed by atoms with Gasteiger partial charge in [0.2, 0.25) is 0 Å². The molecule has 2 N–H and O–H groups in total. The Kier molecular flexibility index (Phi) is 7.09. The summed E-state index contributed by atoms with van der Waals surface area (Å²) < 4.78 is 0. The number of piperidine rings is 1. The number of carbonyl (C=O) groups is 1. The summed E-state index contributed by atoms with van der Waals surface area (Å²) in [5, 5.41) is 12.6. The fourth-order valence-electron chi connectivity index (χ4n) is 4.46. The Balaban J connectivity index is 1.17. The van der Waals surface area contributed by atoms with Gasteiger partial charge >= 0.3 is 0 Å². The van der Waals surface area contributed by atoms with Gasteiger partial charge in [-0.2, -0.15) is 0 Å². The van der Waals surface area contributed by atoms with E-state index in [2.05, 4.69) is 63.0 Å². The van der Waals surface area contributed by atoms with Crippen molar-refractivity contribution in [3.8, 4) is 0 Å². The molecule has 0 aliphatic carbocycles. The lowest BCUT2D eigenvalue weighted by Crippen LogP contribution is -2.44. The summed E-state index contributed by atoms with van der Waals surface area (Å²) in [4.78, 5) is 19.9. The lowest BCUT2D eigenvalue weighted by molar-refractivity contribution is 0.0909. The summed E-state index contributed by atoms with van der Waals surface area (Å²) in [6.45, 7) is 3.43. The Bertz CT molecular complexity index is 1270. The number of anilines is 1. The van der Waals surface area contributed by atoms with Crippen molar-refractivity contribution < 1.29 is 4.79 Å². The highest BCUT2D eigenvalue weighted by atomic mass is 35.5. The Morgan fingerprint density at radius 3 is 2.68 bits per heavy atom. The maximum atomic E-state index is 13.1. The second-order valence-electron chi connectivity index (χ2n) is 8.67. The van der Waals surface area contributed by atoms with Crippen molar-refractivity contribution in [1.82, 2.24) is 15.2 Å². The van der Waals surface area contributed by atoms with E-state index in [0.29, 0.717) is 17.1 Å². The molecule has 1 aliphatic heterocycles. The van der Waals surface area contributed by atoms with Gasteiger partial charge in [0.25, 0.3) is 5.91 Å². The molecule has 0 bridgehead atoms. The van der Waals surface area contributed by atoms with Crippen LogP contribution in [0.4, 0.5) is 5.69 Å². The summed E-state index contributed by atoms with van der Waals surface area (Å²) in [7, 11) is 0. The molecule has 34 heavy (non-hydrogen) atoms. The molecule has 7 heteroatoms. The third-order valence-corrected chi connectivity index (χ3v) is 7.30. The molecule has 0 spiro atoms. The number of nitrogens with zero attached hydrogens (tertiary/aromatic N) is 2. The first-order valence-electron chi connectivity index (χ1n) is 11.6. The van der Waals surface area contributed by atoms with Gasteiger partial charge in [-0.05, 0) is 53.4 Å². The molecule has 174 valence electrons. The normalized spacial score (nSPS) is 14.9. The van der Waals surface area contributed by atoms with Crippen LogP contribution >= 0.6 is 22.9 Å². The van der Waals surface area contributed by atoms with Gasteiger partial charge in [-0.1, -0.05) is 48.0 Å². The van der Waals surface area contributed by atoms with Crippen LogP contribution in [-0.4, -0.2) is 34.9 Å². The number of benzene rings is 3. The van der Waals surface area contributed by atoms with Gasteiger partial charge < -0.3 is 10.6 Å². The van der Waals surface area contributed by atoms with Gasteiger partial charge in [0.1, 0.15) is 5.01 Å². The highest BCUT2D eigenvalue weighted by Gasteiger charge is 2.22. The number of hydrogen-bond donors (Lipinski definition) is 2. The highest BCUT2D eigenvalue weighted by Crippen LogP contribution is 2.23. The number of likely N-dealkylation sites (tertiary alicyclic amines) is 1. The average molecular weight is 491 g/mol. The number of carbonyl (C=O) groups excluding carboxylic acids is 1. The predicted octanol–water partition coefficient (Wildman–Crippen LogP) is 5.96. The molecule has 4 aromatic rings. The molecule has 5 rings (SSSR count). The molecule has 5 nitrogen and oxygen atoms in total. The van der Waals surface area contributed by atoms with Crippen molar-refractivity contribution in [1.29, 1.82) is 0 Å². The van der Waals surface area contributed by atoms with Crippen LogP contribution in [0.5, 0.6) is 0 Å². The summed E-state index contributed by atoms with van der Waals surface area (Å²) in [5.74, 6) is -0.0860. The van der Waals surface area contributed by atoms with Crippen LogP contribution < -0.4 is 10.6 Å². The summed E-state index contributed by atoms with van der Waals surface area (Å²) in [6, 6.07) is 20.7. The third kappa shape index (κ3) is 5.58. The van der Waals surface area contributed by atoms with Crippen LogP contribution in [0.25, 0.3) is 10.8 Å². The van der Waals surface area contributed by atoms with Crippen LogP contribution in [-0.2, 0) is 13.1 Å². The average Bonchev–Trinajstić information content (AvgIpc) is 3.38. The largest absolute Gasteiger partial charge is 0.378 e. The molecule has 2 heterocycles. The van der Waals surface area contributed by atoms with Crippen molar-refractivity contribution in [2.75, 3.05) is 18.4 Å². The van der Waals surface area contributed by atoms with Crippen molar-refractivity contribution in [3.05, 3.63) is 93.4 Å². The fraction of sp³-hybridized carbons (Fsp3) is 0.259. The number of aromatic nitrogens is 1. The van der Waals surface area contributed by atoms with E-state index in [1.165, 1.54) is 16.3 Å². The summed E-state index contributed by atoms with van der Waals surface area (Å²) >= 11 is 7.80. The maximum absolute atomic E-state index is 13.1. The van der Waals surface area contributed by atoms with Crippen LogP contribution in [0, 0.1) is 0 Å². The molecule has 0 saturated carbocycles. The third-order valence-electron chi connectivity index (χ3n) is 6.28. The van der Waals surface area contributed by atoms with E-state index in [1.54, 1.807) is 29.7 Å². The van der Waals surface area contributed by atoms with E-state index >= 15 is 0 Å². The van der Waals surface area contributed by atoms with E-state index in [1.807, 2.05) is 11.4 Å². The second kappa shape index (κ2) is 10.6. The molecular weight excluding hydrogens is 464 g/mol. The van der Waals surface area contributed by atoms with Gasteiger partial charge in [0, 0.05) is 48.0 Å². The number of hydrogen-bond acceptors (Lipinski definition) is 5. The predicted molar refractivity (Wildman–Crippen MR) is 141 cm³/mol. The van der Waals surface area contributed by atoms with Gasteiger partial charge in [0.05, 0.1) is 12.1 Å². The first-order valence-corrected chi connectivity index (χ1v) is 12.8. The first kappa shape index (κ1) is 22.8. The monoisotopic (exact) mass is 490 g/mol. The van der Waals surface area contributed by atoms with Crippen molar-refractivity contribution in [2.45, 2.75) is 32.0 Å². The maximum Gasteiger partial charge on any atom is 0.253 e. The van der Waals surface area contributed by atoms with E-state index in [-0.39, 0.29) is 11.9 Å². The minimum Gasteiger partial charge on any atom is -0.378 e.